The first kappa shape index (κ1) is 6.48. The van der Waals surface area contributed by atoms with Crippen molar-refractivity contribution >= 4 is 21.7 Å². The van der Waals surface area contributed by atoms with Crippen LogP contribution in [0.1, 0.15) is 5.82 Å². The number of aromatic nitrogens is 3. The lowest BCUT2D eigenvalue weighted by atomic mass is 10.5. The SMILES string of the molecule is Cc1nc2scnc2c(=O)[nH]1. The zero-order valence-corrected chi connectivity index (χ0v) is 6.60. The number of thiazole rings is 1. The van der Waals surface area contributed by atoms with Gasteiger partial charge in [-0.1, -0.05) is 0 Å². The molecule has 0 aliphatic rings. The molecule has 0 atom stereocenters. The number of hydrogen-bond acceptors (Lipinski definition) is 4. The van der Waals surface area contributed by atoms with Gasteiger partial charge < -0.3 is 4.98 Å². The van der Waals surface area contributed by atoms with Crippen LogP contribution < -0.4 is 5.56 Å². The molecule has 0 saturated heterocycles. The minimum Gasteiger partial charge on any atom is -0.309 e. The van der Waals surface area contributed by atoms with E-state index in [4.69, 9.17) is 0 Å². The fourth-order valence-electron chi connectivity index (χ4n) is 0.879. The van der Waals surface area contributed by atoms with Crippen molar-refractivity contribution in [1.82, 2.24) is 15.0 Å². The first-order valence-electron chi connectivity index (χ1n) is 3.07. The van der Waals surface area contributed by atoms with E-state index in [1.54, 1.807) is 12.4 Å². The molecule has 0 radical (unpaired) electrons. The van der Waals surface area contributed by atoms with Crippen molar-refractivity contribution < 1.29 is 0 Å². The maximum absolute atomic E-state index is 11.1. The predicted octanol–water partition coefficient (Wildman–Crippen LogP) is 0.688. The molecule has 2 aromatic rings. The molecule has 0 spiro atoms. The van der Waals surface area contributed by atoms with Gasteiger partial charge in [0.1, 0.15) is 5.82 Å². The maximum atomic E-state index is 11.1. The van der Waals surface area contributed by atoms with Crippen LogP contribution in [0.15, 0.2) is 10.3 Å². The van der Waals surface area contributed by atoms with E-state index in [9.17, 15) is 4.79 Å². The van der Waals surface area contributed by atoms with Crippen molar-refractivity contribution in [2.24, 2.45) is 0 Å². The number of fused-ring (bicyclic) bond motifs is 1. The number of H-pyrrole nitrogens is 1. The number of nitrogens with one attached hydrogen (secondary N) is 1. The van der Waals surface area contributed by atoms with E-state index in [0.717, 1.165) is 0 Å². The van der Waals surface area contributed by atoms with Gasteiger partial charge in [0.25, 0.3) is 5.56 Å². The summed E-state index contributed by atoms with van der Waals surface area (Å²) in [5.41, 5.74) is 1.89. The van der Waals surface area contributed by atoms with Crippen molar-refractivity contribution in [2.75, 3.05) is 0 Å². The maximum Gasteiger partial charge on any atom is 0.278 e. The molecule has 0 bridgehead atoms. The summed E-state index contributed by atoms with van der Waals surface area (Å²) in [7, 11) is 0. The average Bonchev–Trinajstić information content (AvgIpc) is 2.34. The molecule has 0 saturated carbocycles. The number of aromatic amines is 1. The fourth-order valence-corrected chi connectivity index (χ4v) is 1.58. The lowest BCUT2D eigenvalue weighted by Gasteiger charge is -1.88. The molecular formula is C6H5N3OS. The van der Waals surface area contributed by atoms with Crippen LogP contribution in [0, 0.1) is 6.92 Å². The third kappa shape index (κ3) is 0.932. The molecule has 2 rings (SSSR count). The summed E-state index contributed by atoms with van der Waals surface area (Å²) in [6.07, 6.45) is 0. The monoisotopic (exact) mass is 167 g/mol. The Morgan fingerprint density at radius 2 is 2.45 bits per heavy atom. The number of hydrogen-bond donors (Lipinski definition) is 1. The first-order valence-corrected chi connectivity index (χ1v) is 3.95. The molecule has 2 aromatic heterocycles. The molecule has 11 heavy (non-hydrogen) atoms. The Morgan fingerprint density at radius 1 is 1.64 bits per heavy atom. The minimum atomic E-state index is -0.159. The molecule has 0 fully saturated rings. The van der Waals surface area contributed by atoms with E-state index in [0.29, 0.717) is 16.2 Å². The second kappa shape index (κ2) is 2.13. The smallest absolute Gasteiger partial charge is 0.278 e. The van der Waals surface area contributed by atoms with E-state index >= 15 is 0 Å². The van der Waals surface area contributed by atoms with Crippen molar-refractivity contribution in [3.63, 3.8) is 0 Å². The highest BCUT2D eigenvalue weighted by Crippen LogP contribution is 2.09. The fraction of sp³-hybridized carbons (Fsp3) is 0.167. The van der Waals surface area contributed by atoms with E-state index in [1.165, 1.54) is 11.3 Å². The van der Waals surface area contributed by atoms with Gasteiger partial charge in [-0.3, -0.25) is 4.79 Å². The Morgan fingerprint density at radius 3 is 3.27 bits per heavy atom. The van der Waals surface area contributed by atoms with Gasteiger partial charge in [0.15, 0.2) is 10.3 Å². The van der Waals surface area contributed by atoms with Crippen LogP contribution in [-0.4, -0.2) is 15.0 Å². The van der Waals surface area contributed by atoms with Gasteiger partial charge >= 0.3 is 0 Å². The molecule has 0 unspecified atom stereocenters. The zero-order valence-electron chi connectivity index (χ0n) is 5.79. The summed E-state index contributed by atoms with van der Waals surface area (Å²) in [5.74, 6) is 0.631. The highest BCUT2D eigenvalue weighted by molar-refractivity contribution is 7.16. The van der Waals surface area contributed by atoms with Gasteiger partial charge in [-0.15, -0.1) is 11.3 Å². The largest absolute Gasteiger partial charge is 0.309 e. The summed E-state index contributed by atoms with van der Waals surface area (Å²) in [6.45, 7) is 1.75. The van der Waals surface area contributed by atoms with Crippen LogP contribution >= 0.6 is 11.3 Å². The van der Waals surface area contributed by atoms with Crippen LogP contribution in [-0.2, 0) is 0 Å². The van der Waals surface area contributed by atoms with E-state index in [2.05, 4.69) is 15.0 Å². The molecule has 0 aromatic carbocycles. The van der Waals surface area contributed by atoms with Crippen LogP contribution in [0.4, 0.5) is 0 Å². The Kier molecular flexibility index (Phi) is 1.25. The molecular weight excluding hydrogens is 162 g/mol. The molecule has 56 valence electrons. The number of nitrogens with zero attached hydrogens (tertiary/aromatic N) is 2. The predicted molar refractivity (Wildman–Crippen MR) is 42.8 cm³/mol. The van der Waals surface area contributed by atoms with Crippen LogP contribution in [0.5, 0.6) is 0 Å². The molecule has 2 heterocycles. The molecule has 0 amide bonds. The van der Waals surface area contributed by atoms with E-state index in [1.807, 2.05) is 0 Å². The second-order valence-electron chi connectivity index (χ2n) is 2.16. The van der Waals surface area contributed by atoms with Gasteiger partial charge in [0, 0.05) is 0 Å². The summed E-state index contributed by atoms with van der Waals surface area (Å²) < 4.78 is 0. The lowest BCUT2D eigenvalue weighted by Crippen LogP contribution is -2.08. The molecule has 5 heteroatoms. The van der Waals surface area contributed by atoms with Crippen molar-refractivity contribution in [2.45, 2.75) is 6.92 Å². The highest BCUT2D eigenvalue weighted by atomic mass is 32.1. The minimum absolute atomic E-state index is 0.159. The Hall–Kier alpha value is -1.23. The van der Waals surface area contributed by atoms with Crippen LogP contribution in [0.2, 0.25) is 0 Å². The quantitative estimate of drug-likeness (QED) is 0.628. The van der Waals surface area contributed by atoms with Gasteiger partial charge in [-0.25, -0.2) is 9.97 Å². The molecule has 4 nitrogen and oxygen atoms in total. The van der Waals surface area contributed by atoms with Crippen LogP contribution in [0.3, 0.4) is 0 Å². The summed E-state index contributed by atoms with van der Waals surface area (Å²) in [6, 6.07) is 0. The number of rotatable bonds is 0. The summed E-state index contributed by atoms with van der Waals surface area (Å²) in [4.78, 5) is 22.4. The van der Waals surface area contributed by atoms with Crippen molar-refractivity contribution in [3.05, 3.63) is 21.7 Å². The topological polar surface area (TPSA) is 58.6 Å². The molecule has 0 aliphatic heterocycles. The third-order valence-corrected chi connectivity index (χ3v) is 2.05. The average molecular weight is 167 g/mol. The van der Waals surface area contributed by atoms with Gasteiger partial charge in [-0.05, 0) is 6.92 Å². The summed E-state index contributed by atoms with van der Waals surface area (Å²) >= 11 is 1.37. The van der Waals surface area contributed by atoms with E-state index in [-0.39, 0.29) is 5.56 Å². The van der Waals surface area contributed by atoms with Gasteiger partial charge in [0.05, 0.1) is 5.51 Å². The normalized spacial score (nSPS) is 10.6. The van der Waals surface area contributed by atoms with Crippen LogP contribution in [0.25, 0.3) is 10.3 Å². The Labute approximate surface area is 65.9 Å². The Bertz CT molecular complexity index is 444. The third-order valence-electron chi connectivity index (χ3n) is 1.33. The first-order chi connectivity index (χ1) is 5.27. The standard InChI is InChI=1S/C6H5N3OS/c1-3-8-5(10)4-6(9-3)11-2-7-4/h2H,1H3,(H,8,9,10). The second-order valence-corrected chi connectivity index (χ2v) is 2.99. The molecule has 0 aliphatic carbocycles. The molecule has 1 N–H and O–H groups in total. The van der Waals surface area contributed by atoms with Gasteiger partial charge in [-0.2, -0.15) is 0 Å². The summed E-state index contributed by atoms with van der Waals surface area (Å²) in [5, 5.41) is 0. The van der Waals surface area contributed by atoms with E-state index < -0.39 is 0 Å². The van der Waals surface area contributed by atoms with Crippen molar-refractivity contribution in [1.29, 1.82) is 0 Å². The Balaban J connectivity index is 3.02. The van der Waals surface area contributed by atoms with Crippen molar-refractivity contribution in [3.8, 4) is 0 Å². The lowest BCUT2D eigenvalue weighted by molar-refractivity contribution is 1.06. The zero-order chi connectivity index (χ0) is 7.84. The highest BCUT2D eigenvalue weighted by Gasteiger charge is 2.02. The van der Waals surface area contributed by atoms with Gasteiger partial charge in [0.2, 0.25) is 0 Å². The number of aryl methyl sites for hydroxylation is 1.